The molecule has 1 saturated heterocycles. The number of thiazole rings is 1. The van der Waals surface area contributed by atoms with Gasteiger partial charge in [0.05, 0.1) is 17.0 Å². The molecule has 1 aliphatic carbocycles. The summed E-state index contributed by atoms with van der Waals surface area (Å²) in [4.78, 5) is 31.5. The third-order valence-corrected chi connectivity index (χ3v) is 8.34. The molecule has 34 heavy (non-hydrogen) atoms. The number of urea groups is 1. The highest BCUT2D eigenvalue weighted by molar-refractivity contribution is 7.98. The third kappa shape index (κ3) is 7.37. The maximum atomic E-state index is 12.5. The molecule has 0 atom stereocenters. The van der Waals surface area contributed by atoms with Gasteiger partial charge < -0.3 is 20.0 Å². The van der Waals surface area contributed by atoms with Gasteiger partial charge in [-0.05, 0) is 57.1 Å². The number of allylic oxidation sites excluding steroid dienone is 1. The Hall–Kier alpha value is -2.26. The molecule has 0 unspecified atom stereocenters. The molecule has 0 spiro atoms. The second-order valence-corrected chi connectivity index (χ2v) is 10.8. The number of amides is 3. The largest absolute Gasteiger partial charge is 0.468 e. The van der Waals surface area contributed by atoms with E-state index in [4.69, 9.17) is 4.42 Å². The minimum absolute atomic E-state index is 0.0407. The van der Waals surface area contributed by atoms with Gasteiger partial charge in [0.2, 0.25) is 0 Å². The monoisotopic (exact) mass is 502 g/mol. The molecule has 3 heterocycles. The summed E-state index contributed by atoms with van der Waals surface area (Å²) in [5, 5.41) is 8.88. The number of hydrogen-bond donors (Lipinski definition) is 2. The van der Waals surface area contributed by atoms with Crippen LogP contribution in [0.1, 0.15) is 72.1 Å². The lowest BCUT2D eigenvalue weighted by Crippen LogP contribution is -2.44. The molecule has 0 aromatic carbocycles. The normalized spacial score (nSPS) is 16.8. The Balaban J connectivity index is 1.12. The van der Waals surface area contributed by atoms with E-state index >= 15 is 0 Å². The predicted molar refractivity (Wildman–Crippen MR) is 137 cm³/mol. The van der Waals surface area contributed by atoms with Crippen molar-refractivity contribution in [3.8, 4) is 0 Å². The summed E-state index contributed by atoms with van der Waals surface area (Å²) in [5.74, 6) is 2.76. The summed E-state index contributed by atoms with van der Waals surface area (Å²) in [6.45, 7) is 2.78. The maximum absolute atomic E-state index is 12.5. The van der Waals surface area contributed by atoms with Gasteiger partial charge in [0.1, 0.15) is 11.5 Å². The fourth-order valence-electron chi connectivity index (χ4n) is 4.38. The average Bonchev–Trinajstić information content (AvgIpc) is 3.57. The van der Waals surface area contributed by atoms with Crippen molar-refractivity contribution in [3.05, 3.63) is 51.9 Å². The molecule has 2 aromatic heterocycles. The van der Waals surface area contributed by atoms with Crippen LogP contribution in [0.4, 0.5) is 4.79 Å². The van der Waals surface area contributed by atoms with Crippen LogP contribution in [-0.4, -0.2) is 53.8 Å². The fourth-order valence-corrected chi connectivity index (χ4v) is 6.10. The molecule has 2 aliphatic rings. The first-order chi connectivity index (χ1) is 16.7. The molecule has 2 aromatic rings. The Bertz CT molecular complexity index is 949. The summed E-state index contributed by atoms with van der Waals surface area (Å²) < 4.78 is 5.31. The van der Waals surface area contributed by atoms with Crippen LogP contribution in [0.2, 0.25) is 0 Å². The average molecular weight is 503 g/mol. The molecule has 1 fully saturated rings. The number of carbonyl (C=O) groups is 2. The number of hydrogen-bond acceptors (Lipinski definition) is 6. The Kier molecular flexibility index (Phi) is 9.50. The van der Waals surface area contributed by atoms with Crippen molar-refractivity contribution in [2.45, 2.75) is 56.6 Å². The zero-order valence-electron chi connectivity index (χ0n) is 19.6. The predicted octanol–water partition coefficient (Wildman–Crippen LogP) is 5.18. The lowest BCUT2D eigenvalue weighted by molar-refractivity contribution is 0.0951. The number of carbonyl (C=O) groups excluding carboxylic acids is 2. The number of likely N-dealkylation sites (tertiary alicyclic amines) is 1. The highest BCUT2D eigenvalue weighted by Gasteiger charge is 2.26. The molecule has 7 nitrogen and oxygen atoms in total. The van der Waals surface area contributed by atoms with Crippen molar-refractivity contribution in [3.63, 3.8) is 0 Å². The number of nitrogens with zero attached hydrogens (tertiary/aromatic N) is 2. The minimum Gasteiger partial charge on any atom is -0.468 e. The van der Waals surface area contributed by atoms with Gasteiger partial charge in [0.25, 0.3) is 5.91 Å². The van der Waals surface area contributed by atoms with Gasteiger partial charge in [-0.15, -0.1) is 11.3 Å². The van der Waals surface area contributed by atoms with Gasteiger partial charge in [0, 0.05) is 43.2 Å². The van der Waals surface area contributed by atoms with Crippen LogP contribution in [0.5, 0.6) is 0 Å². The van der Waals surface area contributed by atoms with Crippen molar-refractivity contribution < 1.29 is 14.0 Å². The van der Waals surface area contributed by atoms with Crippen LogP contribution >= 0.6 is 23.1 Å². The summed E-state index contributed by atoms with van der Waals surface area (Å²) in [6, 6.07) is 3.88. The van der Waals surface area contributed by atoms with Crippen LogP contribution in [0.25, 0.3) is 0 Å². The van der Waals surface area contributed by atoms with Crippen LogP contribution in [-0.2, 0) is 5.75 Å². The minimum atomic E-state index is -0.119. The lowest BCUT2D eigenvalue weighted by atomic mass is 9.97. The van der Waals surface area contributed by atoms with Crippen molar-refractivity contribution in [2.75, 3.05) is 31.9 Å². The number of thioether (sulfide) groups is 1. The molecule has 0 saturated carbocycles. The highest BCUT2D eigenvalue weighted by atomic mass is 32.2. The van der Waals surface area contributed by atoms with Gasteiger partial charge >= 0.3 is 6.03 Å². The molecule has 0 bridgehead atoms. The van der Waals surface area contributed by atoms with Crippen LogP contribution < -0.4 is 10.6 Å². The molecule has 1 aliphatic heterocycles. The number of furan rings is 1. The Labute approximate surface area is 209 Å². The van der Waals surface area contributed by atoms with Gasteiger partial charge in [-0.25, -0.2) is 9.78 Å². The fraction of sp³-hybridized carbons (Fsp3) is 0.560. The SMILES string of the molecule is O=C(NCCSCc1ccco1)c1csc(C2CCN(C(=O)NCCC3=CCCCC3)CC2)n1. The first-order valence-corrected chi connectivity index (χ1v) is 14.3. The van der Waals surface area contributed by atoms with Crippen LogP contribution in [0.3, 0.4) is 0 Å². The third-order valence-electron chi connectivity index (χ3n) is 6.35. The lowest BCUT2D eigenvalue weighted by Gasteiger charge is -2.31. The standard InChI is InChI=1S/C25H34N4O3S2/c30-23(26-12-16-33-17-21-7-4-15-32-21)22-18-34-24(28-22)20-9-13-29(14-10-20)25(31)27-11-8-19-5-2-1-3-6-19/h4-5,7,15,18,20H,1-3,6,8-14,16-17H2,(H,26,30)(H,27,31). The summed E-state index contributed by atoms with van der Waals surface area (Å²) in [6.07, 6.45) is 11.7. The van der Waals surface area contributed by atoms with E-state index in [0.717, 1.165) is 61.2 Å². The van der Waals surface area contributed by atoms with E-state index in [1.54, 1.807) is 29.4 Å². The van der Waals surface area contributed by atoms with E-state index in [9.17, 15) is 9.59 Å². The number of nitrogens with one attached hydrogen (secondary N) is 2. The number of rotatable bonds is 10. The summed E-state index contributed by atoms with van der Waals surface area (Å²) in [5.41, 5.74) is 1.98. The number of aromatic nitrogens is 1. The van der Waals surface area contributed by atoms with E-state index < -0.39 is 0 Å². The number of piperidine rings is 1. The van der Waals surface area contributed by atoms with Gasteiger partial charge in [-0.3, -0.25) is 4.79 Å². The molecule has 9 heteroatoms. The molecular weight excluding hydrogens is 468 g/mol. The maximum Gasteiger partial charge on any atom is 0.317 e. The summed E-state index contributed by atoms with van der Waals surface area (Å²) >= 11 is 3.27. The van der Waals surface area contributed by atoms with E-state index in [1.165, 1.54) is 31.3 Å². The van der Waals surface area contributed by atoms with Gasteiger partial charge in [-0.2, -0.15) is 11.8 Å². The molecule has 4 rings (SSSR count). The second-order valence-electron chi connectivity index (χ2n) is 8.81. The second kappa shape index (κ2) is 13.0. The molecular formula is C25H34N4O3S2. The van der Waals surface area contributed by atoms with Crippen molar-refractivity contribution in [1.82, 2.24) is 20.5 Å². The zero-order chi connectivity index (χ0) is 23.6. The van der Waals surface area contributed by atoms with E-state index in [1.807, 2.05) is 22.4 Å². The molecule has 3 amide bonds. The van der Waals surface area contributed by atoms with Gasteiger partial charge in [-0.1, -0.05) is 11.6 Å². The molecule has 2 N–H and O–H groups in total. The van der Waals surface area contributed by atoms with Crippen molar-refractivity contribution >= 4 is 35.0 Å². The van der Waals surface area contributed by atoms with Crippen molar-refractivity contribution in [2.24, 2.45) is 0 Å². The van der Waals surface area contributed by atoms with Crippen LogP contribution in [0.15, 0.2) is 39.8 Å². The topological polar surface area (TPSA) is 87.5 Å². The van der Waals surface area contributed by atoms with E-state index in [-0.39, 0.29) is 11.9 Å². The van der Waals surface area contributed by atoms with E-state index in [2.05, 4.69) is 21.7 Å². The molecule has 184 valence electrons. The highest BCUT2D eigenvalue weighted by Crippen LogP contribution is 2.30. The first kappa shape index (κ1) is 24.9. The smallest absolute Gasteiger partial charge is 0.317 e. The Morgan fingerprint density at radius 3 is 2.85 bits per heavy atom. The molecule has 0 radical (unpaired) electrons. The Morgan fingerprint density at radius 2 is 2.09 bits per heavy atom. The Morgan fingerprint density at radius 1 is 1.21 bits per heavy atom. The first-order valence-electron chi connectivity index (χ1n) is 12.2. The van der Waals surface area contributed by atoms with E-state index in [0.29, 0.717) is 18.2 Å². The summed E-state index contributed by atoms with van der Waals surface area (Å²) in [7, 11) is 0. The van der Waals surface area contributed by atoms with Crippen LogP contribution in [0, 0.1) is 0 Å². The van der Waals surface area contributed by atoms with Crippen molar-refractivity contribution in [1.29, 1.82) is 0 Å². The van der Waals surface area contributed by atoms with Gasteiger partial charge in [0.15, 0.2) is 0 Å². The zero-order valence-corrected chi connectivity index (χ0v) is 21.2. The quantitative estimate of drug-likeness (QED) is 0.345.